The van der Waals surface area contributed by atoms with Crippen LogP contribution in [0, 0.1) is 10.1 Å². The number of alkyl halides is 3. The van der Waals surface area contributed by atoms with Crippen LogP contribution in [0.5, 0.6) is 0 Å². The zero-order valence-corrected chi connectivity index (χ0v) is 14.7. The molecule has 0 unspecified atom stereocenters. The third-order valence-electron chi connectivity index (χ3n) is 3.66. The number of nitro groups is 1. The molecule has 0 saturated heterocycles. The quantitative estimate of drug-likeness (QED) is 0.469. The van der Waals surface area contributed by atoms with Crippen molar-refractivity contribution in [2.75, 3.05) is 0 Å². The summed E-state index contributed by atoms with van der Waals surface area (Å²) < 4.78 is 40.2. The van der Waals surface area contributed by atoms with Crippen LogP contribution >= 0.6 is 11.8 Å². The topological polar surface area (TPSA) is 86.7 Å². The summed E-state index contributed by atoms with van der Waals surface area (Å²) in [6.07, 6.45) is -1.47. The first-order valence-electron chi connectivity index (χ1n) is 7.68. The molecular weight excluding hydrogens is 383 g/mol. The molecule has 27 heavy (non-hydrogen) atoms. The van der Waals surface area contributed by atoms with E-state index in [1.165, 1.54) is 0 Å². The summed E-state index contributed by atoms with van der Waals surface area (Å²) in [5.41, 5.74) is -0.952. The third-order valence-corrected chi connectivity index (χ3v) is 4.71. The normalized spacial score (nSPS) is 11.6. The lowest BCUT2D eigenvalue weighted by Crippen LogP contribution is -2.06. The summed E-state index contributed by atoms with van der Waals surface area (Å²) in [5.74, 6) is 0.539. The number of nitrogens with zero attached hydrogens (tertiary/aromatic N) is 5. The fraction of sp³-hybridized carbons (Fsp3) is 0.188. The Bertz CT molecular complexity index is 976. The van der Waals surface area contributed by atoms with Crippen LogP contribution in [0.25, 0.3) is 11.4 Å². The Labute approximate surface area is 155 Å². The molecule has 3 aromatic rings. The maximum Gasteiger partial charge on any atom is 0.416 e. The lowest BCUT2D eigenvalue weighted by molar-refractivity contribution is -0.388. The van der Waals surface area contributed by atoms with E-state index in [4.69, 9.17) is 0 Å². The van der Waals surface area contributed by atoms with Crippen molar-refractivity contribution in [1.82, 2.24) is 19.7 Å². The monoisotopic (exact) mass is 395 g/mol. The summed E-state index contributed by atoms with van der Waals surface area (Å²) in [5, 5.41) is 19.7. The van der Waals surface area contributed by atoms with Crippen LogP contribution in [0.1, 0.15) is 12.5 Å². The van der Waals surface area contributed by atoms with Crippen LogP contribution in [0.3, 0.4) is 0 Å². The van der Waals surface area contributed by atoms with E-state index in [2.05, 4.69) is 15.2 Å². The van der Waals surface area contributed by atoms with Gasteiger partial charge in [-0.15, -0.1) is 10.2 Å². The average Bonchev–Trinajstić information content (AvgIpc) is 3.04. The summed E-state index contributed by atoms with van der Waals surface area (Å²) in [4.78, 5) is 14.4. The first-order chi connectivity index (χ1) is 12.8. The number of rotatable bonds is 5. The van der Waals surface area contributed by atoms with Gasteiger partial charge in [0.15, 0.2) is 11.0 Å². The molecule has 140 valence electrons. The first kappa shape index (κ1) is 18.8. The molecule has 7 nitrogen and oxygen atoms in total. The molecule has 0 spiro atoms. The fourth-order valence-electron chi connectivity index (χ4n) is 2.38. The van der Waals surface area contributed by atoms with E-state index < -0.39 is 22.4 Å². The minimum atomic E-state index is -4.66. The van der Waals surface area contributed by atoms with Gasteiger partial charge in [-0.2, -0.15) is 13.2 Å². The number of halogens is 3. The Hall–Kier alpha value is -2.95. The molecule has 0 atom stereocenters. The standard InChI is InChI=1S/C16H12F3N5O2S/c1-2-23-14(10-5-7-20-8-6-10)21-22-15(23)27-13-4-3-11(16(17,18)19)9-12(13)24(25)26/h3-9H,2H2,1H3. The minimum absolute atomic E-state index is 0.0522. The smallest absolute Gasteiger partial charge is 0.302 e. The van der Waals surface area contributed by atoms with Gasteiger partial charge in [0.2, 0.25) is 0 Å². The first-order valence-corrected chi connectivity index (χ1v) is 8.50. The lowest BCUT2D eigenvalue weighted by atomic mass is 10.2. The van der Waals surface area contributed by atoms with Crippen molar-refractivity contribution in [3.8, 4) is 11.4 Å². The zero-order chi connectivity index (χ0) is 19.6. The van der Waals surface area contributed by atoms with E-state index in [1.807, 2.05) is 6.92 Å². The van der Waals surface area contributed by atoms with E-state index in [9.17, 15) is 23.3 Å². The van der Waals surface area contributed by atoms with Crippen molar-refractivity contribution in [2.24, 2.45) is 0 Å². The van der Waals surface area contributed by atoms with Gasteiger partial charge < -0.3 is 4.57 Å². The van der Waals surface area contributed by atoms with Gasteiger partial charge in [-0.3, -0.25) is 15.1 Å². The van der Waals surface area contributed by atoms with Crippen molar-refractivity contribution in [3.63, 3.8) is 0 Å². The second-order valence-electron chi connectivity index (χ2n) is 5.33. The van der Waals surface area contributed by atoms with Gasteiger partial charge in [-0.05, 0) is 43.0 Å². The number of benzene rings is 1. The summed E-state index contributed by atoms with van der Waals surface area (Å²) in [6.45, 7) is 2.32. The van der Waals surface area contributed by atoms with Crippen LogP contribution < -0.4 is 0 Å². The molecule has 0 fully saturated rings. The van der Waals surface area contributed by atoms with Gasteiger partial charge in [0.05, 0.1) is 15.4 Å². The number of pyridine rings is 1. The van der Waals surface area contributed by atoms with E-state index in [-0.39, 0.29) is 4.90 Å². The fourth-order valence-corrected chi connectivity index (χ4v) is 3.36. The Kier molecular flexibility index (Phi) is 5.13. The van der Waals surface area contributed by atoms with Crippen LogP contribution in [-0.2, 0) is 12.7 Å². The molecular formula is C16H12F3N5O2S. The van der Waals surface area contributed by atoms with Gasteiger partial charge in [0.25, 0.3) is 5.69 Å². The number of nitro benzene ring substituents is 1. The van der Waals surface area contributed by atoms with Gasteiger partial charge in [0.1, 0.15) is 0 Å². The summed E-state index contributed by atoms with van der Waals surface area (Å²) >= 11 is 0.893. The lowest BCUT2D eigenvalue weighted by Gasteiger charge is -2.09. The van der Waals surface area contributed by atoms with Crippen molar-refractivity contribution in [3.05, 3.63) is 58.4 Å². The molecule has 0 aliphatic carbocycles. The van der Waals surface area contributed by atoms with Crippen molar-refractivity contribution >= 4 is 17.4 Å². The molecule has 0 amide bonds. The molecule has 0 aliphatic heterocycles. The molecule has 0 bridgehead atoms. The predicted molar refractivity (Wildman–Crippen MR) is 91.1 cm³/mol. The molecule has 11 heteroatoms. The van der Waals surface area contributed by atoms with Gasteiger partial charge >= 0.3 is 6.18 Å². The second-order valence-corrected chi connectivity index (χ2v) is 6.33. The predicted octanol–water partition coefficient (Wildman–Crippen LogP) is 4.44. The molecule has 0 saturated carbocycles. The Morgan fingerprint density at radius 2 is 1.89 bits per heavy atom. The Morgan fingerprint density at radius 1 is 1.19 bits per heavy atom. The molecule has 2 heterocycles. The largest absolute Gasteiger partial charge is 0.416 e. The Balaban J connectivity index is 2.01. The molecule has 0 aliphatic rings. The highest BCUT2D eigenvalue weighted by Crippen LogP contribution is 2.39. The number of hydrogen-bond acceptors (Lipinski definition) is 6. The molecule has 1 aromatic carbocycles. The maximum atomic E-state index is 12.8. The summed E-state index contributed by atoms with van der Waals surface area (Å²) in [7, 11) is 0. The highest BCUT2D eigenvalue weighted by molar-refractivity contribution is 7.99. The second kappa shape index (κ2) is 7.35. The van der Waals surface area contributed by atoms with Crippen LogP contribution in [0.2, 0.25) is 0 Å². The highest BCUT2D eigenvalue weighted by atomic mass is 32.2. The average molecular weight is 395 g/mol. The van der Waals surface area contributed by atoms with Crippen molar-refractivity contribution < 1.29 is 18.1 Å². The molecule has 0 radical (unpaired) electrons. The van der Waals surface area contributed by atoms with Gasteiger partial charge in [0, 0.05) is 30.6 Å². The third kappa shape index (κ3) is 3.92. The molecule has 3 rings (SSSR count). The summed E-state index contributed by atoms with van der Waals surface area (Å²) in [6, 6.07) is 5.90. The number of hydrogen-bond donors (Lipinski definition) is 0. The van der Waals surface area contributed by atoms with E-state index in [1.54, 1.807) is 29.1 Å². The van der Waals surface area contributed by atoms with Crippen LogP contribution in [0.4, 0.5) is 18.9 Å². The van der Waals surface area contributed by atoms with Crippen LogP contribution in [0.15, 0.2) is 52.8 Å². The molecule has 2 aromatic heterocycles. The van der Waals surface area contributed by atoms with Crippen molar-refractivity contribution in [2.45, 2.75) is 29.7 Å². The number of aromatic nitrogens is 4. The minimum Gasteiger partial charge on any atom is -0.302 e. The molecule has 0 N–H and O–H groups in total. The SMILES string of the molecule is CCn1c(Sc2ccc(C(F)(F)F)cc2[N+](=O)[O-])nnc1-c1ccncc1. The van der Waals surface area contributed by atoms with Gasteiger partial charge in [-0.1, -0.05) is 0 Å². The Morgan fingerprint density at radius 3 is 2.48 bits per heavy atom. The maximum absolute atomic E-state index is 12.8. The van der Waals surface area contributed by atoms with E-state index >= 15 is 0 Å². The van der Waals surface area contributed by atoms with E-state index in [0.717, 1.165) is 29.5 Å². The zero-order valence-electron chi connectivity index (χ0n) is 13.8. The van der Waals surface area contributed by atoms with Crippen molar-refractivity contribution in [1.29, 1.82) is 0 Å². The van der Waals surface area contributed by atoms with E-state index in [0.29, 0.717) is 23.6 Å². The van der Waals surface area contributed by atoms with Crippen LogP contribution in [-0.4, -0.2) is 24.7 Å². The highest BCUT2D eigenvalue weighted by Gasteiger charge is 2.33. The van der Waals surface area contributed by atoms with Gasteiger partial charge in [-0.25, -0.2) is 0 Å².